The van der Waals surface area contributed by atoms with E-state index in [2.05, 4.69) is 38.1 Å². The van der Waals surface area contributed by atoms with Crippen molar-refractivity contribution >= 4 is 0 Å². The number of rotatable bonds is 4. The van der Waals surface area contributed by atoms with Crippen molar-refractivity contribution in [1.82, 2.24) is 25.9 Å². The van der Waals surface area contributed by atoms with Crippen molar-refractivity contribution in [2.75, 3.05) is 6.61 Å². The van der Waals surface area contributed by atoms with Gasteiger partial charge in [0.25, 0.3) is 0 Å². The van der Waals surface area contributed by atoms with E-state index in [0.29, 0.717) is 12.4 Å². The summed E-state index contributed by atoms with van der Waals surface area (Å²) < 4.78 is 5.46. The van der Waals surface area contributed by atoms with E-state index < -0.39 is 0 Å². The third-order valence-electron chi connectivity index (χ3n) is 2.76. The van der Waals surface area contributed by atoms with Gasteiger partial charge in [0.1, 0.15) is 5.75 Å². The molecule has 0 saturated carbocycles. The van der Waals surface area contributed by atoms with Gasteiger partial charge in [-0.05, 0) is 17.2 Å². The van der Waals surface area contributed by atoms with Gasteiger partial charge in [-0.2, -0.15) is 5.21 Å². The predicted molar refractivity (Wildman–Crippen MR) is 60.4 cm³/mol. The quantitative estimate of drug-likeness (QED) is 0.797. The molecule has 2 aromatic rings. The third-order valence-corrected chi connectivity index (χ3v) is 2.76. The molecule has 0 bridgehead atoms. The number of hydrogen-bond acceptors (Lipinski definition) is 5. The van der Waals surface area contributed by atoms with Crippen LogP contribution in [0.15, 0.2) is 18.2 Å². The molecule has 0 aliphatic carbocycles. The Morgan fingerprint density at radius 1 is 1.35 bits per heavy atom. The Morgan fingerprint density at radius 3 is 3.24 bits per heavy atom. The number of aromatic nitrogens is 4. The molecule has 2 heterocycles. The van der Waals surface area contributed by atoms with Crippen LogP contribution in [0.4, 0.5) is 0 Å². The van der Waals surface area contributed by atoms with Gasteiger partial charge in [-0.25, -0.2) is 0 Å². The van der Waals surface area contributed by atoms with Crippen LogP contribution in [-0.4, -0.2) is 27.2 Å². The number of hydrogen-bond donors (Lipinski definition) is 2. The highest BCUT2D eigenvalue weighted by Gasteiger charge is 2.11. The summed E-state index contributed by atoms with van der Waals surface area (Å²) in [6, 6.07) is 6.30. The number of aromatic amines is 1. The largest absolute Gasteiger partial charge is 0.493 e. The van der Waals surface area contributed by atoms with Crippen LogP contribution in [0.5, 0.6) is 5.75 Å². The van der Waals surface area contributed by atoms with Crippen molar-refractivity contribution < 1.29 is 4.74 Å². The Bertz CT molecular complexity index is 497. The number of ether oxygens (including phenoxy) is 1. The Balaban J connectivity index is 1.58. The molecule has 2 N–H and O–H groups in total. The first-order valence-electron chi connectivity index (χ1n) is 5.59. The fourth-order valence-corrected chi connectivity index (χ4v) is 1.93. The molecule has 0 atom stereocenters. The van der Waals surface area contributed by atoms with Gasteiger partial charge in [-0.1, -0.05) is 17.3 Å². The molecule has 0 spiro atoms. The Kier molecular flexibility index (Phi) is 2.71. The number of tetrazole rings is 1. The van der Waals surface area contributed by atoms with Gasteiger partial charge in [0.2, 0.25) is 0 Å². The smallest absolute Gasteiger partial charge is 0.188 e. The van der Waals surface area contributed by atoms with Crippen LogP contribution in [-0.2, 0) is 19.5 Å². The van der Waals surface area contributed by atoms with E-state index in [1.807, 2.05) is 6.07 Å². The highest BCUT2D eigenvalue weighted by Crippen LogP contribution is 2.25. The van der Waals surface area contributed by atoms with Crippen LogP contribution in [0.25, 0.3) is 0 Å². The van der Waals surface area contributed by atoms with Crippen molar-refractivity contribution in [1.29, 1.82) is 0 Å². The highest BCUT2D eigenvalue weighted by atomic mass is 16.5. The summed E-state index contributed by atoms with van der Waals surface area (Å²) in [4.78, 5) is 0. The lowest BCUT2D eigenvalue weighted by molar-refractivity contribution is 0.357. The van der Waals surface area contributed by atoms with Crippen molar-refractivity contribution in [3.63, 3.8) is 0 Å². The van der Waals surface area contributed by atoms with E-state index in [-0.39, 0.29) is 0 Å². The van der Waals surface area contributed by atoms with Gasteiger partial charge in [-0.3, -0.25) is 0 Å². The molecule has 0 radical (unpaired) electrons. The van der Waals surface area contributed by atoms with Crippen molar-refractivity contribution in [2.45, 2.75) is 19.5 Å². The normalized spacial score (nSPS) is 13.4. The Morgan fingerprint density at radius 2 is 2.35 bits per heavy atom. The summed E-state index contributed by atoms with van der Waals surface area (Å²) in [5, 5.41) is 16.9. The summed E-state index contributed by atoms with van der Waals surface area (Å²) in [5.41, 5.74) is 2.54. The van der Waals surface area contributed by atoms with E-state index >= 15 is 0 Å². The van der Waals surface area contributed by atoms with Crippen LogP contribution in [0.1, 0.15) is 17.0 Å². The molecule has 88 valence electrons. The van der Waals surface area contributed by atoms with E-state index in [1.54, 1.807) is 0 Å². The first-order chi connectivity index (χ1) is 8.42. The molecule has 1 aromatic heterocycles. The van der Waals surface area contributed by atoms with Crippen LogP contribution < -0.4 is 10.1 Å². The van der Waals surface area contributed by atoms with E-state index in [9.17, 15) is 0 Å². The Labute approximate surface area is 98.4 Å². The molecule has 17 heavy (non-hydrogen) atoms. The van der Waals surface area contributed by atoms with Crippen molar-refractivity contribution in [2.24, 2.45) is 0 Å². The second-order valence-electron chi connectivity index (χ2n) is 3.97. The number of H-pyrrole nitrogens is 1. The summed E-state index contributed by atoms with van der Waals surface area (Å²) in [6.45, 7) is 2.21. The average molecular weight is 231 g/mol. The van der Waals surface area contributed by atoms with Crippen LogP contribution in [0, 0.1) is 0 Å². The number of nitrogens with zero attached hydrogens (tertiary/aromatic N) is 3. The van der Waals surface area contributed by atoms with E-state index in [1.165, 1.54) is 11.1 Å². The van der Waals surface area contributed by atoms with Crippen molar-refractivity contribution in [3.05, 3.63) is 35.2 Å². The first-order valence-corrected chi connectivity index (χ1v) is 5.59. The molecule has 1 aromatic carbocycles. The average Bonchev–Trinajstić information content (AvgIpc) is 2.98. The summed E-state index contributed by atoms with van der Waals surface area (Å²) in [6.07, 6.45) is 1.01. The fraction of sp³-hybridized carbons (Fsp3) is 0.364. The molecule has 3 rings (SSSR count). The summed E-state index contributed by atoms with van der Waals surface area (Å²) >= 11 is 0. The first kappa shape index (κ1) is 10.2. The lowest BCUT2D eigenvalue weighted by Gasteiger charge is -2.04. The van der Waals surface area contributed by atoms with Gasteiger partial charge < -0.3 is 10.1 Å². The maximum atomic E-state index is 5.46. The summed E-state index contributed by atoms with van der Waals surface area (Å²) in [7, 11) is 0. The van der Waals surface area contributed by atoms with Gasteiger partial charge in [0.05, 0.1) is 13.2 Å². The SMILES string of the molecule is c1cc2c(cc1CNCc1nn[nH]n1)CCO2. The van der Waals surface area contributed by atoms with Gasteiger partial charge >= 0.3 is 0 Å². The second kappa shape index (κ2) is 4.50. The lowest BCUT2D eigenvalue weighted by atomic mass is 10.1. The van der Waals surface area contributed by atoms with Crippen LogP contribution in [0.2, 0.25) is 0 Å². The van der Waals surface area contributed by atoms with Crippen LogP contribution in [0.3, 0.4) is 0 Å². The predicted octanol–water partition coefficient (Wildman–Crippen LogP) is 0.424. The molecule has 0 fully saturated rings. The minimum absolute atomic E-state index is 0.615. The maximum absolute atomic E-state index is 5.46. The molecule has 6 heteroatoms. The van der Waals surface area contributed by atoms with Gasteiger partial charge in [-0.15, -0.1) is 10.2 Å². The molecule has 0 amide bonds. The molecule has 0 saturated heterocycles. The molecular formula is C11H13N5O. The number of nitrogens with one attached hydrogen (secondary N) is 2. The number of fused-ring (bicyclic) bond motifs is 1. The molecule has 1 aliphatic heterocycles. The lowest BCUT2D eigenvalue weighted by Crippen LogP contribution is -2.13. The monoisotopic (exact) mass is 231 g/mol. The van der Waals surface area contributed by atoms with E-state index in [0.717, 1.165) is 25.3 Å². The van der Waals surface area contributed by atoms with E-state index in [4.69, 9.17) is 4.74 Å². The van der Waals surface area contributed by atoms with Gasteiger partial charge in [0.15, 0.2) is 5.82 Å². The zero-order chi connectivity index (χ0) is 11.5. The zero-order valence-electron chi connectivity index (χ0n) is 9.31. The standard InChI is InChI=1S/C11H13N5O/c1-2-10-9(3-4-17-10)5-8(1)6-12-7-11-13-15-16-14-11/h1-2,5,12H,3-4,6-7H2,(H,13,14,15,16). The summed E-state index contributed by atoms with van der Waals surface area (Å²) in [5.74, 6) is 1.70. The zero-order valence-corrected chi connectivity index (χ0v) is 9.31. The molecule has 6 nitrogen and oxygen atoms in total. The molecular weight excluding hydrogens is 218 g/mol. The number of benzene rings is 1. The van der Waals surface area contributed by atoms with Gasteiger partial charge in [0, 0.05) is 13.0 Å². The minimum atomic E-state index is 0.615. The topological polar surface area (TPSA) is 75.7 Å². The minimum Gasteiger partial charge on any atom is -0.493 e. The van der Waals surface area contributed by atoms with Crippen LogP contribution >= 0.6 is 0 Å². The molecule has 0 unspecified atom stereocenters. The second-order valence-corrected chi connectivity index (χ2v) is 3.97. The Hall–Kier alpha value is -1.95. The molecule has 1 aliphatic rings. The fourth-order valence-electron chi connectivity index (χ4n) is 1.93. The highest BCUT2D eigenvalue weighted by molar-refractivity contribution is 5.39. The van der Waals surface area contributed by atoms with Crippen molar-refractivity contribution in [3.8, 4) is 5.75 Å². The maximum Gasteiger partial charge on any atom is 0.188 e. The third kappa shape index (κ3) is 2.26.